The molecule has 0 aromatic rings. The minimum absolute atomic E-state index is 0.246. The molecule has 0 saturated heterocycles. The van der Waals surface area contributed by atoms with Crippen LogP contribution in [-0.2, 0) is 19.1 Å². The second-order valence-electron chi connectivity index (χ2n) is 5.84. The molecule has 0 fully saturated rings. The molecule has 1 unspecified atom stereocenters. The zero-order chi connectivity index (χ0) is 16.5. The van der Waals surface area contributed by atoms with E-state index in [-0.39, 0.29) is 5.97 Å². The Balaban J connectivity index is 3.73. The van der Waals surface area contributed by atoms with E-state index in [0.717, 1.165) is 6.42 Å². The molecule has 0 radical (unpaired) electrons. The topological polar surface area (TPSA) is 113 Å². The van der Waals surface area contributed by atoms with Crippen LogP contribution in [0, 0.1) is 0 Å². The lowest BCUT2D eigenvalue weighted by atomic mass is 10.1. The van der Waals surface area contributed by atoms with E-state index in [1.165, 1.54) is 0 Å². The van der Waals surface area contributed by atoms with Gasteiger partial charge < -0.3 is 20.3 Å². The molecular formula is C14H25NO6. The number of nitrogens with one attached hydrogen (secondary N) is 1. The Labute approximate surface area is 124 Å². The number of esters is 1. The van der Waals surface area contributed by atoms with Crippen LogP contribution in [0.4, 0.5) is 0 Å². The van der Waals surface area contributed by atoms with Crippen molar-refractivity contribution < 1.29 is 29.3 Å². The predicted octanol–water partition coefficient (Wildman–Crippen LogP) is 1.41. The molecule has 0 aliphatic rings. The lowest BCUT2D eigenvalue weighted by molar-refractivity contribution is -0.155. The van der Waals surface area contributed by atoms with E-state index in [0.29, 0.717) is 25.8 Å². The summed E-state index contributed by atoms with van der Waals surface area (Å²) in [5, 5.41) is 20.1. The highest BCUT2D eigenvalue weighted by molar-refractivity contribution is 5.80. The van der Waals surface area contributed by atoms with Crippen molar-refractivity contribution in [2.24, 2.45) is 0 Å². The van der Waals surface area contributed by atoms with Crippen molar-refractivity contribution in [2.75, 3.05) is 6.54 Å². The van der Waals surface area contributed by atoms with Crippen molar-refractivity contribution in [1.29, 1.82) is 0 Å². The zero-order valence-corrected chi connectivity index (χ0v) is 12.8. The van der Waals surface area contributed by atoms with Gasteiger partial charge in [-0.2, -0.15) is 0 Å². The SMILES string of the molecule is CC(C)(C)OC(=O)CCCCCNC(CC(=O)O)C(=O)O. The molecule has 0 spiro atoms. The molecule has 0 aliphatic carbocycles. The van der Waals surface area contributed by atoms with Gasteiger partial charge in [-0.3, -0.25) is 14.4 Å². The predicted molar refractivity (Wildman–Crippen MR) is 76.0 cm³/mol. The average molecular weight is 303 g/mol. The van der Waals surface area contributed by atoms with Gasteiger partial charge in [0.1, 0.15) is 11.6 Å². The first-order chi connectivity index (χ1) is 9.61. The molecule has 0 rings (SSSR count). The van der Waals surface area contributed by atoms with E-state index in [1.807, 2.05) is 20.8 Å². The molecule has 1 atom stereocenters. The highest BCUT2D eigenvalue weighted by Crippen LogP contribution is 2.10. The minimum atomic E-state index is -1.17. The van der Waals surface area contributed by atoms with Gasteiger partial charge in [0.05, 0.1) is 6.42 Å². The Morgan fingerprint density at radius 2 is 1.71 bits per heavy atom. The third kappa shape index (κ3) is 11.9. The van der Waals surface area contributed by atoms with E-state index in [4.69, 9.17) is 14.9 Å². The second-order valence-corrected chi connectivity index (χ2v) is 5.84. The largest absolute Gasteiger partial charge is 0.481 e. The summed E-state index contributed by atoms with van der Waals surface area (Å²) in [6, 6.07) is -1.08. The quantitative estimate of drug-likeness (QED) is 0.413. The second kappa shape index (κ2) is 9.33. The van der Waals surface area contributed by atoms with Crippen molar-refractivity contribution >= 4 is 17.9 Å². The fraction of sp³-hybridized carbons (Fsp3) is 0.786. The number of aliphatic carboxylic acids is 2. The summed E-state index contributed by atoms with van der Waals surface area (Å²) in [6.45, 7) is 5.83. The molecule has 7 nitrogen and oxygen atoms in total. The molecule has 0 saturated carbocycles. The molecule has 0 amide bonds. The fourth-order valence-corrected chi connectivity index (χ4v) is 1.66. The van der Waals surface area contributed by atoms with Crippen molar-refractivity contribution in [3.05, 3.63) is 0 Å². The zero-order valence-electron chi connectivity index (χ0n) is 12.8. The standard InChI is InChI=1S/C14H25NO6/c1-14(2,3)21-12(18)7-5-4-6-8-15-10(13(19)20)9-11(16)17/h10,15H,4-9H2,1-3H3,(H,16,17)(H,19,20). The summed E-state index contributed by atoms with van der Waals surface area (Å²) >= 11 is 0. The maximum Gasteiger partial charge on any atom is 0.321 e. The molecule has 122 valence electrons. The van der Waals surface area contributed by atoms with Crippen LogP contribution in [0.15, 0.2) is 0 Å². The number of ether oxygens (including phenoxy) is 1. The first-order valence-electron chi connectivity index (χ1n) is 7.01. The summed E-state index contributed by atoms with van der Waals surface area (Å²) in [5.41, 5.74) is -0.482. The lowest BCUT2D eigenvalue weighted by Gasteiger charge is -2.19. The third-order valence-corrected chi connectivity index (χ3v) is 2.55. The van der Waals surface area contributed by atoms with Gasteiger partial charge in [0.25, 0.3) is 0 Å². The fourth-order valence-electron chi connectivity index (χ4n) is 1.66. The van der Waals surface area contributed by atoms with Crippen LogP contribution in [0.3, 0.4) is 0 Å². The minimum Gasteiger partial charge on any atom is -0.481 e. The van der Waals surface area contributed by atoms with E-state index in [2.05, 4.69) is 5.32 Å². The number of unbranched alkanes of at least 4 members (excludes halogenated alkanes) is 2. The number of carbonyl (C=O) groups excluding carboxylic acids is 1. The van der Waals surface area contributed by atoms with Crippen LogP contribution < -0.4 is 5.32 Å². The van der Waals surface area contributed by atoms with E-state index in [9.17, 15) is 14.4 Å². The van der Waals surface area contributed by atoms with Gasteiger partial charge in [0.15, 0.2) is 0 Å². The average Bonchev–Trinajstić information content (AvgIpc) is 2.28. The Bertz CT molecular complexity index is 361. The van der Waals surface area contributed by atoms with E-state index in [1.54, 1.807) is 0 Å². The molecule has 0 aromatic carbocycles. The van der Waals surface area contributed by atoms with Crippen molar-refractivity contribution in [3.8, 4) is 0 Å². The van der Waals surface area contributed by atoms with Crippen molar-refractivity contribution in [1.82, 2.24) is 5.32 Å². The van der Waals surface area contributed by atoms with Gasteiger partial charge in [-0.15, -0.1) is 0 Å². The summed E-state index contributed by atoms with van der Waals surface area (Å²) in [7, 11) is 0. The maximum atomic E-state index is 11.4. The molecule has 21 heavy (non-hydrogen) atoms. The van der Waals surface area contributed by atoms with Gasteiger partial charge in [0.2, 0.25) is 0 Å². The Kier molecular flexibility index (Phi) is 8.61. The van der Waals surface area contributed by atoms with Crippen molar-refractivity contribution in [3.63, 3.8) is 0 Å². The Morgan fingerprint density at radius 1 is 1.10 bits per heavy atom. The molecule has 0 aromatic heterocycles. The van der Waals surface area contributed by atoms with Crippen LogP contribution in [0.5, 0.6) is 0 Å². The molecule has 7 heteroatoms. The molecule has 0 bridgehead atoms. The summed E-state index contributed by atoms with van der Waals surface area (Å²) in [4.78, 5) is 32.7. The van der Waals surface area contributed by atoms with Crippen molar-refractivity contribution in [2.45, 2.75) is 64.5 Å². The van der Waals surface area contributed by atoms with Gasteiger partial charge in [0, 0.05) is 6.42 Å². The van der Waals surface area contributed by atoms with Crippen LogP contribution >= 0.6 is 0 Å². The van der Waals surface area contributed by atoms with Crippen LogP contribution in [0.1, 0.15) is 52.9 Å². The lowest BCUT2D eigenvalue weighted by Crippen LogP contribution is -2.39. The summed E-state index contributed by atoms with van der Waals surface area (Å²) < 4.78 is 5.16. The highest BCUT2D eigenvalue weighted by atomic mass is 16.6. The van der Waals surface area contributed by atoms with E-state index < -0.39 is 30.0 Å². The van der Waals surface area contributed by atoms with Gasteiger partial charge in [-0.1, -0.05) is 6.42 Å². The normalized spacial score (nSPS) is 12.7. The first-order valence-corrected chi connectivity index (χ1v) is 7.01. The van der Waals surface area contributed by atoms with Gasteiger partial charge >= 0.3 is 17.9 Å². The Morgan fingerprint density at radius 3 is 2.19 bits per heavy atom. The van der Waals surface area contributed by atoms with Gasteiger partial charge in [-0.05, 0) is 40.2 Å². The van der Waals surface area contributed by atoms with Crippen LogP contribution in [0.25, 0.3) is 0 Å². The van der Waals surface area contributed by atoms with Crippen LogP contribution in [-0.4, -0.2) is 46.3 Å². The van der Waals surface area contributed by atoms with Gasteiger partial charge in [-0.25, -0.2) is 0 Å². The smallest absolute Gasteiger partial charge is 0.321 e. The highest BCUT2D eigenvalue weighted by Gasteiger charge is 2.19. The van der Waals surface area contributed by atoms with Crippen LogP contribution in [0.2, 0.25) is 0 Å². The first kappa shape index (κ1) is 19.4. The van der Waals surface area contributed by atoms with E-state index >= 15 is 0 Å². The number of rotatable bonds is 10. The number of carboxylic acid groups (broad SMARTS) is 2. The third-order valence-electron chi connectivity index (χ3n) is 2.55. The summed E-state index contributed by atoms with van der Waals surface area (Å²) in [6.07, 6.45) is 1.95. The molecule has 3 N–H and O–H groups in total. The maximum absolute atomic E-state index is 11.4. The number of hydrogen-bond acceptors (Lipinski definition) is 5. The Hall–Kier alpha value is -1.63. The molecule has 0 heterocycles. The number of carboxylic acids is 2. The monoisotopic (exact) mass is 303 g/mol. The molecular weight excluding hydrogens is 278 g/mol. The summed E-state index contributed by atoms with van der Waals surface area (Å²) in [5.74, 6) is -2.57. The number of carbonyl (C=O) groups is 3. The molecule has 0 aliphatic heterocycles. The number of hydrogen-bond donors (Lipinski definition) is 3.